The van der Waals surface area contributed by atoms with E-state index in [0.717, 1.165) is 20.9 Å². The van der Waals surface area contributed by atoms with Crippen molar-refractivity contribution in [1.29, 1.82) is 0 Å². The Balaban J connectivity index is 1.89. The molecule has 5 heteroatoms. The summed E-state index contributed by atoms with van der Waals surface area (Å²) in [5.41, 5.74) is 0.998. The predicted octanol–water partition coefficient (Wildman–Crippen LogP) is 4.15. The number of hydrogen-bond acceptors (Lipinski definition) is 3. The SMILES string of the molecule is Cc1cc(C(=O)Nc2ccc3c(Br)cccc3c2)no1. The second-order valence-electron chi connectivity index (χ2n) is 4.45. The molecule has 2 aromatic carbocycles. The van der Waals surface area contributed by atoms with E-state index in [4.69, 9.17) is 4.52 Å². The average Bonchev–Trinajstić information content (AvgIpc) is 2.86. The number of nitrogens with one attached hydrogen (secondary N) is 1. The molecular weight excluding hydrogens is 320 g/mol. The van der Waals surface area contributed by atoms with Crippen molar-refractivity contribution in [2.45, 2.75) is 6.92 Å². The van der Waals surface area contributed by atoms with Crippen molar-refractivity contribution in [1.82, 2.24) is 5.16 Å². The maximum atomic E-state index is 12.0. The number of amides is 1. The Hall–Kier alpha value is -2.14. The Kier molecular flexibility index (Phi) is 3.28. The van der Waals surface area contributed by atoms with Gasteiger partial charge in [0.05, 0.1) is 0 Å². The molecule has 0 aliphatic carbocycles. The maximum Gasteiger partial charge on any atom is 0.277 e. The molecule has 20 heavy (non-hydrogen) atoms. The van der Waals surface area contributed by atoms with Gasteiger partial charge in [-0.3, -0.25) is 4.79 Å². The molecule has 0 aliphatic rings. The van der Waals surface area contributed by atoms with Gasteiger partial charge < -0.3 is 9.84 Å². The molecule has 0 bridgehead atoms. The molecule has 0 atom stereocenters. The van der Waals surface area contributed by atoms with E-state index >= 15 is 0 Å². The van der Waals surface area contributed by atoms with Gasteiger partial charge in [-0.25, -0.2) is 0 Å². The van der Waals surface area contributed by atoms with Crippen molar-refractivity contribution in [3.05, 3.63) is 58.4 Å². The van der Waals surface area contributed by atoms with Crippen molar-refractivity contribution >= 4 is 38.3 Å². The van der Waals surface area contributed by atoms with Crippen molar-refractivity contribution in [2.24, 2.45) is 0 Å². The first-order chi connectivity index (χ1) is 9.63. The van der Waals surface area contributed by atoms with E-state index in [2.05, 4.69) is 26.4 Å². The third-order valence-electron chi connectivity index (χ3n) is 2.95. The molecule has 3 aromatic rings. The number of anilines is 1. The Morgan fingerprint density at radius 2 is 2.10 bits per heavy atom. The number of fused-ring (bicyclic) bond motifs is 1. The van der Waals surface area contributed by atoms with E-state index < -0.39 is 0 Å². The lowest BCUT2D eigenvalue weighted by Gasteiger charge is -2.06. The molecule has 4 nitrogen and oxygen atoms in total. The number of aromatic nitrogens is 1. The minimum Gasteiger partial charge on any atom is -0.361 e. The monoisotopic (exact) mass is 330 g/mol. The van der Waals surface area contributed by atoms with Crippen molar-refractivity contribution in [3.63, 3.8) is 0 Å². The molecule has 0 radical (unpaired) electrons. The zero-order valence-corrected chi connectivity index (χ0v) is 12.3. The lowest BCUT2D eigenvalue weighted by Crippen LogP contribution is -2.12. The fourth-order valence-electron chi connectivity index (χ4n) is 1.99. The maximum absolute atomic E-state index is 12.0. The number of rotatable bonds is 2. The molecular formula is C15H11BrN2O2. The minimum absolute atomic E-state index is 0.275. The number of benzene rings is 2. The highest BCUT2D eigenvalue weighted by molar-refractivity contribution is 9.10. The lowest BCUT2D eigenvalue weighted by atomic mass is 10.1. The van der Waals surface area contributed by atoms with Gasteiger partial charge in [0.2, 0.25) is 0 Å². The van der Waals surface area contributed by atoms with Crippen molar-refractivity contribution in [3.8, 4) is 0 Å². The summed E-state index contributed by atoms with van der Waals surface area (Å²) in [7, 11) is 0. The molecule has 0 saturated heterocycles. The van der Waals surface area contributed by atoms with Crippen LogP contribution >= 0.6 is 15.9 Å². The summed E-state index contributed by atoms with van der Waals surface area (Å²) in [5, 5.41) is 8.65. The molecule has 0 spiro atoms. The Morgan fingerprint density at radius 1 is 1.25 bits per heavy atom. The molecule has 100 valence electrons. The average molecular weight is 331 g/mol. The minimum atomic E-state index is -0.281. The summed E-state index contributed by atoms with van der Waals surface area (Å²) in [6.45, 7) is 1.75. The van der Waals surface area contributed by atoms with Crippen LogP contribution in [-0.2, 0) is 0 Å². The van der Waals surface area contributed by atoms with Gasteiger partial charge in [-0.05, 0) is 35.9 Å². The third kappa shape index (κ3) is 2.44. The summed E-state index contributed by atoms with van der Waals surface area (Å²) < 4.78 is 5.92. The van der Waals surface area contributed by atoms with E-state index in [1.54, 1.807) is 13.0 Å². The number of hydrogen-bond donors (Lipinski definition) is 1. The zero-order valence-electron chi connectivity index (χ0n) is 10.7. The summed E-state index contributed by atoms with van der Waals surface area (Å²) in [6, 6.07) is 13.3. The van der Waals surface area contributed by atoms with Crippen LogP contribution in [0.2, 0.25) is 0 Å². The highest BCUT2D eigenvalue weighted by Gasteiger charge is 2.11. The molecule has 1 N–H and O–H groups in total. The van der Waals surface area contributed by atoms with Gasteiger partial charge in [-0.2, -0.15) is 0 Å². The largest absolute Gasteiger partial charge is 0.361 e. The van der Waals surface area contributed by atoms with Crippen molar-refractivity contribution < 1.29 is 9.32 Å². The number of halogens is 1. The zero-order chi connectivity index (χ0) is 14.1. The van der Waals surface area contributed by atoms with Gasteiger partial charge in [0.25, 0.3) is 5.91 Å². The molecule has 0 unspecified atom stereocenters. The number of aryl methyl sites for hydroxylation is 1. The first-order valence-electron chi connectivity index (χ1n) is 6.06. The fourth-order valence-corrected chi connectivity index (χ4v) is 2.50. The first-order valence-corrected chi connectivity index (χ1v) is 6.86. The highest BCUT2D eigenvalue weighted by atomic mass is 79.9. The van der Waals surface area contributed by atoms with Gasteiger partial charge in [0, 0.05) is 16.2 Å². The molecule has 1 aromatic heterocycles. The molecule has 3 rings (SSSR count). The second-order valence-corrected chi connectivity index (χ2v) is 5.31. The van der Waals surface area contributed by atoms with Crippen LogP contribution in [-0.4, -0.2) is 11.1 Å². The van der Waals surface area contributed by atoms with Crippen LogP contribution in [0.1, 0.15) is 16.2 Å². The highest BCUT2D eigenvalue weighted by Crippen LogP contribution is 2.26. The van der Waals surface area contributed by atoms with E-state index in [9.17, 15) is 4.79 Å². The third-order valence-corrected chi connectivity index (χ3v) is 3.64. The van der Waals surface area contributed by atoms with E-state index in [-0.39, 0.29) is 11.6 Å². The van der Waals surface area contributed by atoms with E-state index in [0.29, 0.717) is 5.76 Å². The Morgan fingerprint density at radius 3 is 2.85 bits per heavy atom. The first kappa shape index (κ1) is 12.9. The van der Waals surface area contributed by atoms with Crippen LogP contribution in [0.15, 0.2) is 51.5 Å². The van der Waals surface area contributed by atoms with E-state index in [1.165, 1.54) is 0 Å². The summed E-state index contributed by atoms with van der Waals surface area (Å²) >= 11 is 3.50. The van der Waals surface area contributed by atoms with Crippen LogP contribution in [0.4, 0.5) is 5.69 Å². The van der Waals surface area contributed by atoms with Gasteiger partial charge in [0.1, 0.15) is 5.76 Å². The summed E-state index contributed by atoms with van der Waals surface area (Å²) in [4.78, 5) is 12.0. The quantitative estimate of drug-likeness (QED) is 0.767. The fraction of sp³-hybridized carbons (Fsp3) is 0.0667. The van der Waals surface area contributed by atoms with Crippen LogP contribution in [0, 0.1) is 6.92 Å². The van der Waals surface area contributed by atoms with Crippen LogP contribution < -0.4 is 5.32 Å². The molecule has 1 amide bonds. The molecule has 0 aliphatic heterocycles. The topological polar surface area (TPSA) is 55.1 Å². The predicted molar refractivity (Wildman–Crippen MR) is 80.8 cm³/mol. The Labute approximate surface area is 123 Å². The Bertz CT molecular complexity index is 795. The van der Waals surface area contributed by atoms with Gasteiger partial charge in [0.15, 0.2) is 5.69 Å². The summed E-state index contributed by atoms with van der Waals surface area (Å²) in [6.07, 6.45) is 0. The van der Waals surface area contributed by atoms with E-state index in [1.807, 2.05) is 36.4 Å². The lowest BCUT2D eigenvalue weighted by molar-refractivity contribution is 0.101. The molecule has 1 heterocycles. The van der Waals surface area contributed by atoms with Crippen LogP contribution in [0.3, 0.4) is 0 Å². The van der Waals surface area contributed by atoms with Gasteiger partial charge in [-0.1, -0.05) is 39.3 Å². The van der Waals surface area contributed by atoms with Crippen molar-refractivity contribution in [2.75, 3.05) is 5.32 Å². The number of carbonyl (C=O) groups excluding carboxylic acids is 1. The van der Waals surface area contributed by atoms with Crippen LogP contribution in [0.5, 0.6) is 0 Å². The second kappa shape index (κ2) is 5.09. The molecule has 0 fully saturated rings. The molecule has 0 saturated carbocycles. The number of carbonyl (C=O) groups is 1. The summed E-state index contributed by atoms with van der Waals surface area (Å²) in [5.74, 6) is 0.328. The van der Waals surface area contributed by atoms with Gasteiger partial charge in [-0.15, -0.1) is 0 Å². The van der Waals surface area contributed by atoms with Gasteiger partial charge >= 0.3 is 0 Å². The standard InChI is InChI=1S/C15H11BrN2O2/c1-9-7-14(18-20-9)15(19)17-11-5-6-12-10(8-11)3-2-4-13(12)16/h2-8H,1H3,(H,17,19). The number of nitrogens with zero attached hydrogens (tertiary/aromatic N) is 1. The smallest absolute Gasteiger partial charge is 0.277 e. The normalized spacial score (nSPS) is 10.7. The van der Waals surface area contributed by atoms with Crippen LogP contribution in [0.25, 0.3) is 10.8 Å².